The van der Waals surface area contributed by atoms with Crippen LogP contribution in [0.2, 0.25) is 5.02 Å². The van der Waals surface area contributed by atoms with Gasteiger partial charge in [0.25, 0.3) is 0 Å². The van der Waals surface area contributed by atoms with E-state index < -0.39 is 0 Å². The van der Waals surface area contributed by atoms with E-state index in [1.165, 1.54) is 0 Å². The Morgan fingerprint density at radius 2 is 2.35 bits per heavy atom. The summed E-state index contributed by atoms with van der Waals surface area (Å²) in [6, 6.07) is 5.48. The predicted octanol–water partition coefficient (Wildman–Crippen LogP) is 2.44. The van der Waals surface area contributed by atoms with Crippen LogP contribution in [0, 0.1) is 0 Å². The molecule has 1 aliphatic heterocycles. The summed E-state index contributed by atoms with van der Waals surface area (Å²) in [5, 5.41) is 0.666. The molecule has 1 atom stereocenters. The highest BCUT2D eigenvalue weighted by Crippen LogP contribution is 2.33. The number of ether oxygens (including phenoxy) is 1. The molecular formula is C12H12ClN3O. The molecule has 2 N–H and O–H groups in total. The molecule has 0 saturated heterocycles. The Morgan fingerprint density at radius 3 is 3.12 bits per heavy atom. The fourth-order valence-corrected chi connectivity index (χ4v) is 2.23. The van der Waals surface area contributed by atoms with Crippen molar-refractivity contribution < 1.29 is 4.74 Å². The second kappa shape index (κ2) is 3.75. The molecule has 88 valence electrons. The zero-order valence-corrected chi connectivity index (χ0v) is 10.1. The van der Waals surface area contributed by atoms with Crippen molar-refractivity contribution in [1.82, 2.24) is 9.55 Å². The van der Waals surface area contributed by atoms with Crippen molar-refractivity contribution >= 4 is 11.6 Å². The highest BCUT2D eigenvalue weighted by atomic mass is 35.5. The first kappa shape index (κ1) is 10.6. The lowest BCUT2D eigenvalue weighted by molar-refractivity contribution is 0.283. The molecule has 0 amide bonds. The normalized spacial score (nSPS) is 14.8. The smallest absolute Gasteiger partial charge is 0.145 e. The molecule has 3 rings (SSSR count). The average Bonchev–Trinajstić information content (AvgIpc) is 2.72. The van der Waals surface area contributed by atoms with Crippen LogP contribution in [-0.2, 0) is 6.61 Å². The summed E-state index contributed by atoms with van der Waals surface area (Å²) >= 11 is 5.93. The fourth-order valence-electron chi connectivity index (χ4n) is 2.07. The van der Waals surface area contributed by atoms with Crippen LogP contribution in [0.15, 0.2) is 24.5 Å². The van der Waals surface area contributed by atoms with Gasteiger partial charge in [0, 0.05) is 17.1 Å². The van der Waals surface area contributed by atoms with Gasteiger partial charge in [-0.3, -0.25) is 4.57 Å². The average molecular weight is 250 g/mol. The Bertz CT molecular complexity index is 577. The second-order valence-corrected chi connectivity index (χ2v) is 4.57. The SMILES string of the molecule is C[C@H](N)c1ncn2c1COc1cc(Cl)ccc1-2. The number of nitrogens with zero attached hydrogens (tertiary/aromatic N) is 2. The van der Waals surface area contributed by atoms with Crippen LogP contribution in [0.3, 0.4) is 0 Å². The molecule has 1 aromatic carbocycles. The highest BCUT2D eigenvalue weighted by Gasteiger charge is 2.22. The quantitative estimate of drug-likeness (QED) is 0.845. The van der Waals surface area contributed by atoms with Gasteiger partial charge in [-0.05, 0) is 19.1 Å². The standard InChI is InChI=1S/C12H12ClN3O/c1-7(14)12-10-5-17-11-4-8(13)2-3-9(11)16(10)6-15-12/h2-4,6-7H,5,14H2,1H3/t7-/m0/s1. The van der Waals surface area contributed by atoms with E-state index in [0.717, 1.165) is 22.8 Å². The first-order valence-corrected chi connectivity index (χ1v) is 5.79. The zero-order valence-electron chi connectivity index (χ0n) is 9.35. The van der Waals surface area contributed by atoms with Gasteiger partial charge in [0.05, 0.1) is 17.1 Å². The Balaban J connectivity index is 2.18. The second-order valence-electron chi connectivity index (χ2n) is 4.14. The van der Waals surface area contributed by atoms with E-state index >= 15 is 0 Å². The minimum absolute atomic E-state index is 0.0938. The van der Waals surface area contributed by atoms with Crippen molar-refractivity contribution in [1.29, 1.82) is 0 Å². The molecule has 0 fully saturated rings. The summed E-state index contributed by atoms with van der Waals surface area (Å²) in [6.45, 7) is 2.39. The Hall–Kier alpha value is -1.52. The molecule has 4 nitrogen and oxygen atoms in total. The van der Waals surface area contributed by atoms with Gasteiger partial charge in [-0.2, -0.15) is 0 Å². The highest BCUT2D eigenvalue weighted by molar-refractivity contribution is 6.30. The number of rotatable bonds is 1. The fraction of sp³-hybridized carbons (Fsp3) is 0.250. The lowest BCUT2D eigenvalue weighted by atomic mass is 10.2. The van der Waals surface area contributed by atoms with E-state index in [2.05, 4.69) is 4.98 Å². The van der Waals surface area contributed by atoms with Crippen LogP contribution in [0.25, 0.3) is 5.69 Å². The summed E-state index contributed by atoms with van der Waals surface area (Å²) in [7, 11) is 0. The Labute approximate surface area is 104 Å². The van der Waals surface area contributed by atoms with Gasteiger partial charge in [-0.15, -0.1) is 0 Å². The third kappa shape index (κ3) is 1.61. The maximum atomic E-state index is 5.93. The number of hydrogen-bond donors (Lipinski definition) is 1. The zero-order chi connectivity index (χ0) is 12.0. The molecule has 17 heavy (non-hydrogen) atoms. The minimum Gasteiger partial charge on any atom is -0.485 e. The van der Waals surface area contributed by atoms with Crippen molar-refractivity contribution in [3.63, 3.8) is 0 Å². The molecule has 0 spiro atoms. The third-order valence-corrected chi connectivity index (χ3v) is 3.11. The van der Waals surface area contributed by atoms with Crippen molar-refractivity contribution in [3.05, 3.63) is 40.9 Å². The molecule has 0 bridgehead atoms. The molecule has 0 aliphatic carbocycles. The van der Waals surface area contributed by atoms with Crippen molar-refractivity contribution in [2.75, 3.05) is 0 Å². The van der Waals surface area contributed by atoms with Crippen LogP contribution >= 0.6 is 11.6 Å². The first-order chi connectivity index (χ1) is 8.16. The number of hydrogen-bond acceptors (Lipinski definition) is 3. The number of nitrogens with two attached hydrogens (primary N) is 1. The van der Waals surface area contributed by atoms with Crippen molar-refractivity contribution in [2.45, 2.75) is 19.6 Å². The number of aromatic nitrogens is 2. The van der Waals surface area contributed by atoms with E-state index in [4.69, 9.17) is 22.1 Å². The van der Waals surface area contributed by atoms with Gasteiger partial charge in [0.1, 0.15) is 18.7 Å². The summed E-state index contributed by atoms with van der Waals surface area (Å²) in [4.78, 5) is 4.34. The van der Waals surface area contributed by atoms with Gasteiger partial charge < -0.3 is 10.5 Å². The lowest BCUT2D eigenvalue weighted by Crippen LogP contribution is -2.16. The monoisotopic (exact) mass is 249 g/mol. The van der Waals surface area contributed by atoms with Gasteiger partial charge in [0.15, 0.2) is 0 Å². The maximum absolute atomic E-state index is 5.93. The topological polar surface area (TPSA) is 53.1 Å². The predicted molar refractivity (Wildman–Crippen MR) is 65.5 cm³/mol. The minimum atomic E-state index is -0.0938. The Kier molecular flexibility index (Phi) is 2.34. The molecule has 0 radical (unpaired) electrons. The van der Waals surface area contributed by atoms with Crippen molar-refractivity contribution in [3.8, 4) is 11.4 Å². The van der Waals surface area contributed by atoms with Crippen LogP contribution < -0.4 is 10.5 Å². The summed E-state index contributed by atoms with van der Waals surface area (Å²) < 4.78 is 7.69. The lowest BCUT2D eigenvalue weighted by Gasteiger charge is -2.21. The molecular weight excluding hydrogens is 238 g/mol. The third-order valence-electron chi connectivity index (χ3n) is 2.88. The Morgan fingerprint density at radius 1 is 1.53 bits per heavy atom. The summed E-state index contributed by atoms with van der Waals surface area (Å²) in [6.07, 6.45) is 1.78. The number of imidazole rings is 1. The summed E-state index contributed by atoms with van der Waals surface area (Å²) in [5.74, 6) is 0.777. The van der Waals surface area contributed by atoms with Crippen LogP contribution in [0.4, 0.5) is 0 Å². The molecule has 1 aromatic heterocycles. The number of fused-ring (bicyclic) bond motifs is 3. The van der Waals surface area contributed by atoms with E-state index in [-0.39, 0.29) is 6.04 Å². The van der Waals surface area contributed by atoms with Crippen LogP contribution in [-0.4, -0.2) is 9.55 Å². The van der Waals surface area contributed by atoms with E-state index in [9.17, 15) is 0 Å². The molecule has 5 heteroatoms. The molecule has 2 heterocycles. The molecule has 2 aromatic rings. The van der Waals surface area contributed by atoms with E-state index in [0.29, 0.717) is 11.6 Å². The number of benzene rings is 1. The first-order valence-electron chi connectivity index (χ1n) is 5.41. The van der Waals surface area contributed by atoms with E-state index in [1.807, 2.05) is 29.7 Å². The maximum Gasteiger partial charge on any atom is 0.145 e. The van der Waals surface area contributed by atoms with Gasteiger partial charge in [-0.25, -0.2) is 4.98 Å². The molecule has 0 unspecified atom stereocenters. The van der Waals surface area contributed by atoms with Gasteiger partial charge in [-0.1, -0.05) is 11.6 Å². The van der Waals surface area contributed by atoms with Crippen LogP contribution in [0.1, 0.15) is 24.4 Å². The largest absolute Gasteiger partial charge is 0.485 e. The van der Waals surface area contributed by atoms with Gasteiger partial charge in [0.2, 0.25) is 0 Å². The van der Waals surface area contributed by atoms with E-state index in [1.54, 1.807) is 6.33 Å². The number of halogens is 1. The summed E-state index contributed by atoms with van der Waals surface area (Å²) in [5.41, 5.74) is 8.72. The van der Waals surface area contributed by atoms with Crippen molar-refractivity contribution in [2.24, 2.45) is 5.73 Å². The molecule has 1 aliphatic rings. The van der Waals surface area contributed by atoms with Gasteiger partial charge >= 0.3 is 0 Å². The van der Waals surface area contributed by atoms with Crippen LogP contribution in [0.5, 0.6) is 5.75 Å². The molecule has 0 saturated carbocycles.